The van der Waals surface area contributed by atoms with Gasteiger partial charge in [-0.15, -0.1) is 5.10 Å². The van der Waals surface area contributed by atoms with E-state index in [1.807, 2.05) is 0 Å². The Morgan fingerprint density at radius 1 is 1.50 bits per heavy atom. The van der Waals surface area contributed by atoms with Gasteiger partial charge in [-0.05, 0) is 18.8 Å². The third kappa shape index (κ3) is 1.85. The molecule has 0 aromatic carbocycles. The number of nitrogens with one attached hydrogen (secondary N) is 1. The molecule has 0 saturated heterocycles. The Labute approximate surface area is 95.2 Å². The largest absolute Gasteiger partial charge is 0.383 e. The van der Waals surface area contributed by atoms with Crippen molar-refractivity contribution in [3.63, 3.8) is 0 Å². The first-order valence-electron chi connectivity index (χ1n) is 6.03. The summed E-state index contributed by atoms with van der Waals surface area (Å²) < 4.78 is 7.31. The predicted molar refractivity (Wildman–Crippen MR) is 59.1 cm³/mol. The van der Waals surface area contributed by atoms with Gasteiger partial charge in [-0.3, -0.25) is 0 Å². The molecule has 2 heterocycles. The maximum atomic E-state index is 5.20. The van der Waals surface area contributed by atoms with E-state index in [4.69, 9.17) is 4.74 Å². The molecule has 5 nitrogen and oxygen atoms in total. The molecule has 5 heteroatoms. The van der Waals surface area contributed by atoms with E-state index in [9.17, 15) is 0 Å². The van der Waals surface area contributed by atoms with Crippen molar-refractivity contribution in [1.82, 2.24) is 20.3 Å². The van der Waals surface area contributed by atoms with E-state index in [2.05, 4.69) is 20.3 Å². The van der Waals surface area contributed by atoms with E-state index in [0.717, 1.165) is 31.1 Å². The molecule has 1 N–H and O–H groups in total. The Morgan fingerprint density at radius 3 is 3.12 bits per heavy atom. The quantitative estimate of drug-likeness (QED) is 0.807. The van der Waals surface area contributed by atoms with Crippen molar-refractivity contribution in [3.8, 4) is 0 Å². The summed E-state index contributed by atoms with van der Waals surface area (Å²) in [6.07, 6.45) is 3.75. The first-order valence-corrected chi connectivity index (χ1v) is 6.03. The number of ether oxygens (including phenoxy) is 1. The van der Waals surface area contributed by atoms with Gasteiger partial charge in [0.05, 0.1) is 18.3 Å². The first kappa shape index (κ1) is 10.2. The van der Waals surface area contributed by atoms with Gasteiger partial charge in [0.1, 0.15) is 5.69 Å². The van der Waals surface area contributed by atoms with Crippen molar-refractivity contribution in [2.75, 3.05) is 20.3 Å². The molecule has 1 unspecified atom stereocenters. The zero-order valence-electron chi connectivity index (χ0n) is 9.65. The Morgan fingerprint density at radius 2 is 2.38 bits per heavy atom. The van der Waals surface area contributed by atoms with Crippen molar-refractivity contribution >= 4 is 0 Å². The molecule has 3 rings (SSSR count). The van der Waals surface area contributed by atoms with Gasteiger partial charge >= 0.3 is 0 Å². The van der Waals surface area contributed by atoms with E-state index in [1.54, 1.807) is 7.11 Å². The van der Waals surface area contributed by atoms with Crippen molar-refractivity contribution in [3.05, 3.63) is 11.4 Å². The molecule has 1 aromatic heterocycles. The maximum Gasteiger partial charge on any atom is 0.105 e. The molecule has 16 heavy (non-hydrogen) atoms. The third-order valence-electron chi connectivity index (χ3n) is 3.41. The highest BCUT2D eigenvalue weighted by Gasteiger charge is 2.28. The maximum absolute atomic E-state index is 5.20. The lowest BCUT2D eigenvalue weighted by Gasteiger charge is -2.22. The molecule has 88 valence electrons. The second-order valence-corrected chi connectivity index (χ2v) is 4.76. The average Bonchev–Trinajstić information content (AvgIpc) is 3.01. The number of fused-ring (bicyclic) bond motifs is 1. The summed E-state index contributed by atoms with van der Waals surface area (Å²) in [6.45, 7) is 2.73. The summed E-state index contributed by atoms with van der Waals surface area (Å²) in [5.74, 6) is 0.849. The summed E-state index contributed by atoms with van der Waals surface area (Å²) in [4.78, 5) is 0. The van der Waals surface area contributed by atoms with Gasteiger partial charge in [-0.25, -0.2) is 4.68 Å². The third-order valence-corrected chi connectivity index (χ3v) is 3.41. The fourth-order valence-corrected chi connectivity index (χ4v) is 2.33. The lowest BCUT2D eigenvalue weighted by atomic mass is 10.1. The second-order valence-electron chi connectivity index (χ2n) is 4.76. The standard InChI is InChI=1S/C11H18N4O/c1-16-7-9-11-10(4-5-12-9)15(14-13-11)6-8-2-3-8/h8-9,12H,2-7H2,1H3. The van der Waals surface area contributed by atoms with Crippen molar-refractivity contribution in [2.24, 2.45) is 5.92 Å². The van der Waals surface area contributed by atoms with Crippen LogP contribution >= 0.6 is 0 Å². The minimum absolute atomic E-state index is 0.224. The highest BCUT2D eigenvalue weighted by Crippen LogP contribution is 2.31. The average molecular weight is 222 g/mol. The molecule has 1 atom stereocenters. The lowest BCUT2D eigenvalue weighted by molar-refractivity contribution is 0.162. The van der Waals surface area contributed by atoms with E-state index >= 15 is 0 Å². The Bertz CT molecular complexity index is 372. The molecule has 1 fully saturated rings. The Hall–Kier alpha value is -0.940. The number of nitrogens with zero attached hydrogens (tertiary/aromatic N) is 3. The van der Waals surface area contributed by atoms with Gasteiger partial charge in [0.2, 0.25) is 0 Å². The highest BCUT2D eigenvalue weighted by molar-refractivity contribution is 5.18. The van der Waals surface area contributed by atoms with E-state index < -0.39 is 0 Å². The highest BCUT2D eigenvalue weighted by atomic mass is 16.5. The van der Waals surface area contributed by atoms with Crippen LogP contribution in [0.15, 0.2) is 0 Å². The van der Waals surface area contributed by atoms with Crippen molar-refractivity contribution in [1.29, 1.82) is 0 Å². The minimum atomic E-state index is 0.224. The second kappa shape index (κ2) is 4.14. The molecule has 1 saturated carbocycles. The van der Waals surface area contributed by atoms with Gasteiger partial charge in [0, 0.05) is 26.6 Å². The van der Waals surface area contributed by atoms with Crippen LogP contribution in [0.2, 0.25) is 0 Å². The molecule has 1 aliphatic heterocycles. The molecule has 0 radical (unpaired) electrons. The van der Waals surface area contributed by atoms with Gasteiger partial charge in [-0.2, -0.15) is 0 Å². The number of methoxy groups -OCH3 is 1. The Kier molecular flexibility index (Phi) is 2.65. The van der Waals surface area contributed by atoms with Gasteiger partial charge in [0.15, 0.2) is 0 Å². The van der Waals surface area contributed by atoms with Crippen LogP contribution in [-0.2, 0) is 17.7 Å². The van der Waals surface area contributed by atoms with Crippen LogP contribution in [0.3, 0.4) is 0 Å². The zero-order chi connectivity index (χ0) is 11.0. The summed E-state index contributed by atoms with van der Waals surface area (Å²) in [5, 5.41) is 12.0. The monoisotopic (exact) mass is 222 g/mol. The smallest absolute Gasteiger partial charge is 0.105 e. The molecule has 0 amide bonds. The number of hydrogen-bond acceptors (Lipinski definition) is 4. The summed E-state index contributed by atoms with van der Waals surface area (Å²) in [7, 11) is 1.73. The zero-order valence-corrected chi connectivity index (χ0v) is 9.65. The topological polar surface area (TPSA) is 52.0 Å². The number of rotatable bonds is 4. The van der Waals surface area contributed by atoms with Crippen LogP contribution in [0.25, 0.3) is 0 Å². The van der Waals surface area contributed by atoms with Crippen molar-refractivity contribution in [2.45, 2.75) is 31.8 Å². The van der Waals surface area contributed by atoms with Crippen LogP contribution < -0.4 is 5.32 Å². The fourth-order valence-electron chi connectivity index (χ4n) is 2.33. The molecular weight excluding hydrogens is 204 g/mol. The van der Waals surface area contributed by atoms with Gasteiger partial charge < -0.3 is 10.1 Å². The number of hydrogen-bond donors (Lipinski definition) is 1. The number of aromatic nitrogens is 3. The molecule has 2 aliphatic rings. The minimum Gasteiger partial charge on any atom is -0.383 e. The van der Waals surface area contributed by atoms with Crippen LogP contribution in [0, 0.1) is 5.92 Å². The molecule has 1 aromatic rings. The van der Waals surface area contributed by atoms with E-state index in [0.29, 0.717) is 6.61 Å². The molecule has 0 bridgehead atoms. The molecular formula is C11H18N4O. The van der Waals surface area contributed by atoms with Crippen molar-refractivity contribution < 1.29 is 4.74 Å². The van der Waals surface area contributed by atoms with Crippen LogP contribution in [0.5, 0.6) is 0 Å². The first-order chi connectivity index (χ1) is 7.88. The summed E-state index contributed by atoms with van der Waals surface area (Å²) in [5.41, 5.74) is 2.40. The lowest BCUT2D eigenvalue weighted by Crippen LogP contribution is -2.33. The molecule has 0 spiro atoms. The predicted octanol–water partition coefficient (Wildman–Crippen LogP) is 0.521. The SMILES string of the molecule is COCC1NCCc2c1nnn2CC1CC1. The summed E-state index contributed by atoms with van der Waals surface area (Å²) in [6, 6.07) is 0.224. The van der Waals surface area contributed by atoms with Crippen LogP contribution in [0.1, 0.15) is 30.3 Å². The van der Waals surface area contributed by atoms with Gasteiger partial charge in [-0.1, -0.05) is 5.21 Å². The molecule has 1 aliphatic carbocycles. The van der Waals surface area contributed by atoms with Crippen LogP contribution in [-0.4, -0.2) is 35.3 Å². The van der Waals surface area contributed by atoms with E-state index in [1.165, 1.54) is 18.5 Å². The van der Waals surface area contributed by atoms with E-state index in [-0.39, 0.29) is 6.04 Å². The normalized spacial score (nSPS) is 24.4. The fraction of sp³-hybridized carbons (Fsp3) is 0.818. The van der Waals surface area contributed by atoms with Gasteiger partial charge in [0.25, 0.3) is 0 Å². The Balaban J connectivity index is 1.82. The summed E-state index contributed by atoms with van der Waals surface area (Å²) >= 11 is 0. The van der Waals surface area contributed by atoms with Crippen LogP contribution in [0.4, 0.5) is 0 Å².